The van der Waals surface area contributed by atoms with Crippen molar-refractivity contribution in [1.29, 1.82) is 0 Å². The third-order valence-corrected chi connectivity index (χ3v) is 4.13. The van der Waals surface area contributed by atoms with Gasteiger partial charge in [0, 0.05) is 7.05 Å². The fraction of sp³-hybridized carbons (Fsp3) is 0.333. The Morgan fingerprint density at radius 1 is 1.25 bits per heavy atom. The van der Waals surface area contributed by atoms with E-state index in [1.165, 1.54) is 11.9 Å². The minimum atomic E-state index is -0.510. The van der Waals surface area contributed by atoms with Crippen molar-refractivity contribution in [2.75, 3.05) is 25.5 Å². The number of imide groups is 1. The molecule has 126 valence electrons. The van der Waals surface area contributed by atoms with Gasteiger partial charge in [-0.15, -0.1) is 0 Å². The number of urea groups is 1. The van der Waals surface area contributed by atoms with Crippen molar-refractivity contribution in [2.24, 2.45) is 0 Å². The van der Waals surface area contributed by atoms with Crippen LogP contribution in [0.2, 0.25) is 0 Å². The molecule has 1 aliphatic rings. The van der Waals surface area contributed by atoms with Crippen molar-refractivity contribution in [3.05, 3.63) is 27.7 Å². The van der Waals surface area contributed by atoms with Gasteiger partial charge in [-0.05, 0) is 31.0 Å². The number of carbonyl (C=O) groups is 3. The van der Waals surface area contributed by atoms with Crippen molar-refractivity contribution >= 4 is 34.6 Å². The van der Waals surface area contributed by atoms with Gasteiger partial charge in [0.15, 0.2) is 0 Å². The maximum absolute atomic E-state index is 12.3. The molecule has 1 fully saturated rings. The van der Waals surface area contributed by atoms with Crippen LogP contribution in [0.15, 0.2) is 10.9 Å². The highest BCUT2D eigenvalue weighted by Gasteiger charge is 2.34. The molecule has 4 amide bonds. The van der Waals surface area contributed by atoms with Crippen LogP contribution in [0.5, 0.6) is 0 Å². The van der Waals surface area contributed by atoms with E-state index in [0.717, 1.165) is 16.0 Å². The second-order valence-corrected chi connectivity index (χ2v) is 5.86. The average molecular weight is 331 g/mol. The van der Waals surface area contributed by atoms with Gasteiger partial charge < -0.3 is 20.2 Å². The number of anilines is 1. The summed E-state index contributed by atoms with van der Waals surface area (Å²) in [5.41, 5.74) is 2.82. The number of hydrogen-bond donors (Lipinski definition) is 3. The summed E-state index contributed by atoms with van der Waals surface area (Å²) in [5.74, 6) is -0.928. The summed E-state index contributed by atoms with van der Waals surface area (Å²) < 4.78 is 0. The Balaban J connectivity index is 1.88. The number of aromatic nitrogens is 2. The lowest BCUT2D eigenvalue weighted by Gasteiger charge is -2.16. The standard InChI is InChI=1S/C15H17N5O4/c1-7-4-9-13(18-14(23)16-9)12(8(7)2)17-10(21)5-20-11(22)6-19(3)15(20)24/h4H,5-6H2,1-3H3,(H,17,21)(H2,16,18,23). The first kappa shape index (κ1) is 15.8. The molecule has 2 aromatic rings. The number of imidazole rings is 1. The SMILES string of the molecule is Cc1cc2[nH]c(=O)[nH]c2c(NC(=O)CN2C(=O)CN(C)C2=O)c1C. The second kappa shape index (κ2) is 5.52. The minimum absolute atomic E-state index is 0.0367. The molecule has 24 heavy (non-hydrogen) atoms. The fourth-order valence-electron chi connectivity index (χ4n) is 2.72. The van der Waals surface area contributed by atoms with Crippen LogP contribution in [-0.2, 0) is 9.59 Å². The van der Waals surface area contributed by atoms with E-state index in [9.17, 15) is 19.2 Å². The zero-order valence-electron chi connectivity index (χ0n) is 13.5. The molecule has 2 heterocycles. The number of hydrogen-bond acceptors (Lipinski definition) is 4. The van der Waals surface area contributed by atoms with Gasteiger partial charge in [0.1, 0.15) is 13.1 Å². The zero-order chi connectivity index (χ0) is 17.6. The van der Waals surface area contributed by atoms with E-state index in [4.69, 9.17) is 0 Å². The van der Waals surface area contributed by atoms with E-state index in [2.05, 4.69) is 15.3 Å². The lowest BCUT2D eigenvalue weighted by atomic mass is 10.1. The van der Waals surface area contributed by atoms with Crippen LogP contribution in [-0.4, -0.2) is 57.8 Å². The molecule has 0 aliphatic carbocycles. The molecule has 0 bridgehead atoms. The minimum Gasteiger partial charge on any atom is -0.322 e. The topological polar surface area (TPSA) is 118 Å². The first-order valence-electron chi connectivity index (χ1n) is 7.35. The van der Waals surface area contributed by atoms with Crippen LogP contribution in [0.25, 0.3) is 11.0 Å². The monoisotopic (exact) mass is 331 g/mol. The van der Waals surface area contributed by atoms with Gasteiger partial charge in [-0.1, -0.05) is 0 Å². The van der Waals surface area contributed by atoms with Gasteiger partial charge in [-0.3, -0.25) is 14.5 Å². The Labute approximate surface area is 136 Å². The first-order chi connectivity index (χ1) is 11.3. The highest BCUT2D eigenvalue weighted by molar-refractivity contribution is 6.08. The molecule has 3 rings (SSSR count). The first-order valence-corrected chi connectivity index (χ1v) is 7.35. The predicted molar refractivity (Wildman–Crippen MR) is 86.8 cm³/mol. The van der Waals surface area contributed by atoms with Crippen LogP contribution in [0.1, 0.15) is 11.1 Å². The van der Waals surface area contributed by atoms with Crippen LogP contribution in [0, 0.1) is 13.8 Å². The van der Waals surface area contributed by atoms with E-state index in [1.54, 1.807) is 6.07 Å². The van der Waals surface area contributed by atoms with Crippen molar-refractivity contribution in [3.8, 4) is 0 Å². The third-order valence-electron chi connectivity index (χ3n) is 4.13. The number of carbonyl (C=O) groups excluding carboxylic acids is 3. The highest BCUT2D eigenvalue weighted by Crippen LogP contribution is 2.27. The Bertz CT molecular complexity index is 926. The maximum Gasteiger partial charge on any atom is 0.327 e. The molecular formula is C15H17N5O4. The molecule has 0 unspecified atom stereocenters. The molecule has 1 aliphatic heterocycles. The summed E-state index contributed by atoms with van der Waals surface area (Å²) in [7, 11) is 1.50. The number of aryl methyl sites for hydroxylation is 1. The molecule has 1 saturated heterocycles. The number of H-pyrrole nitrogens is 2. The summed E-state index contributed by atoms with van der Waals surface area (Å²) in [6.45, 7) is 3.27. The van der Waals surface area contributed by atoms with Crippen LogP contribution in [0.3, 0.4) is 0 Å². The van der Waals surface area contributed by atoms with Crippen molar-refractivity contribution in [2.45, 2.75) is 13.8 Å². The van der Waals surface area contributed by atoms with E-state index in [1.807, 2.05) is 13.8 Å². The summed E-state index contributed by atoms with van der Waals surface area (Å²) in [5, 5.41) is 2.70. The van der Waals surface area contributed by atoms with Gasteiger partial charge in [-0.2, -0.15) is 0 Å². The molecule has 9 nitrogen and oxygen atoms in total. The number of likely N-dealkylation sites (N-methyl/N-ethyl adjacent to an activating group) is 1. The van der Waals surface area contributed by atoms with Gasteiger partial charge in [0.25, 0.3) is 5.91 Å². The van der Waals surface area contributed by atoms with Gasteiger partial charge in [0.05, 0.1) is 16.7 Å². The Hall–Kier alpha value is -3.10. The summed E-state index contributed by atoms with van der Waals surface area (Å²) in [6.07, 6.45) is 0. The van der Waals surface area contributed by atoms with Crippen LogP contribution < -0.4 is 11.0 Å². The molecule has 1 aromatic heterocycles. The highest BCUT2D eigenvalue weighted by atomic mass is 16.2. The maximum atomic E-state index is 12.3. The molecule has 0 radical (unpaired) electrons. The van der Waals surface area contributed by atoms with E-state index < -0.39 is 17.8 Å². The largest absolute Gasteiger partial charge is 0.327 e. The number of rotatable bonds is 3. The average Bonchev–Trinajstić information content (AvgIpc) is 2.98. The molecule has 9 heteroatoms. The van der Waals surface area contributed by atoms with Crippen LogP contribution in [0.4, 0.5) is 10.5 Å². The number of amides is 4. The Kier molecular flexibility index (Phi) is 3.63. The third kappa shape index (κ3) is 2.53. The van der Waals surface area contributed by atoms with Crippen molar-refractivity contribution in [3.63, 3.8) is 0 Å². The van der Waals surface area contributed by atoms with E-state index in [-0.39, 0.29) is 18.8 Å². The molecule has 0 atom stereocenters. The number of nitrogens with zero attached hydrogens (tertiary/aromatic N) is 2. The van der Waals surface area contributed by atoms with Gasteiger partial charge >= 0.3 is 11.7 Å². The molecule has 1 aromatic carbocycles. The van der Waals surface area contributed by atoms with Gasteiger partial charge in [0.2, 0.25) is 5.91 Å². The van der Waals surface area contributed by atoms with Crippen molar-refractivity contribution in [1.82, 2.24) is 19.8 Å². The number of benzene rings is 1. The summed E-state index contributed by atoms with van der Waals surface area (Å²) in [6, 6.07) is 1.30. The lowest BCUT2D eigenvalue weighted by molar-refractivity contribution is -0.129. The normalized spacial score (nSPS) is 14.8. The summed E-state index contributed by atoms with van der Waals surface area (Å²) >= 11 is 0. The van der Waals surface area contributed by atoms with E-state index in [0.29, 0.717) is 16.7 Å². The molecule has 0 saturated carbocycles. The Morgan fingerprint density at radius 2 is 1.96 bits per heavy atom. The predicted octanol–water partition coefficient (Wildman–Crippen LogP) is 0.306. The number of nitrogens with one attached hydrogen (secondary N) is 3. The Morgan fingerprint density at radius 3 is 2.58 bits per heavy atom. The fourth-order valence-corrected chi connectivity index (χ4v) is 2.72. The van der Waals surface area contributed by atoms with E-state index >= 15 is 0 Å². The zero-order valence-corrected chi connectivity index (χ0v) is 13.5. The van der Waals surface area contributed by atoms with Gasteiger partial charge in [-0.25, -0.2) is 9.59 Å². The molecule has 0 spiro atoms. The second-order valence-electron chi connectivity index (χ2n) is 5.86. The smallest absolute Gasteiger partial charge is 0.322 e. The van der Waals surface area contributed by atoms with Crippen molar-refractivity contribution < 1.29 is 14.4 Å². The number of fused-ring (bicyclic) bond motifs is 1. The summed E-state index contributed by atoms with van der Waals surface area (Å²) in [4.78, 5) is 54.8. The molecule has 3 N–H and O–H groups in total. The molecular weight excluding hydrogens is 314 g/mol. The van der Waals surface area contributed by atoms with Crippen LogP contribution >= 0.6 is 0 Å². The lowest BCUT2D eigenvalue weighted by Crippen LogP contribution is -2.38. The quantitative estimate of drug-likeness (QED) is 0.701. The number of aromatic amines is 2.